The van der Waals surface area contributed by atoms with Gasteiger partial charge in [-0.05, 0) is 36.6 Å². The van der Waals surface area contributed by atoms with Crippen LogP contribution in [0.4, 0.5) is 5.69 Å². The van der Waals surface area contributed by atoms with Crippen LogP contribution in [0.15, 0.2) is 57.8 Å². The van der Waals surface area contributed by atoms with Crippen molar-refractivity contribution in [2.45, 2.75) is 31.6 Å². The molecule has 2 nitrogen and oxygen atoms in total. The Balaban J connectivity index is 2.18. The summed E-state index contributed by atoms with van der Waals surface area (Å²) in [6.07, 6.45) is 0. The maximum Gasteiger partial charge on any atom is 0.0806 e. The van der Waals surface area contributed by atoms with Gasteiger partial charge in [0.15, 0.2) is 0 Å². The molecular weight excluding hydrogens is 278 g/mol. The van der Waals surface area contributed by atoms with Gasteiger partial charge in [-0.15, -0.1) is 0 Å². The molecular formula is C18H21NOS. The molecule has 0 bridgehead atoms. The molecule has 2 aromatic rings. The Labute approximate surface area is 127 Å². The van der Waals surface area contributed by atoms with Crippen LogP contribution in [0.1, 0.15) is 30.9 Å². The summed E-state index contributed by atoms with van der Waals surface area (Å²) in [5.74, 6) is 1.37. The fourth-order valence-corrected chi connectivity index (χ4v) is 5.33. The van der Waals surface area contributed by atoms with Gasteiger partial charge in [0.2, 0.25) is 0 Å². The third-order valence-corrected chi connectivity index (χ3v) is 6.49. The van der Waals surface area contributed by atoms with Crippen LogP contribution in [0.2, 0.25) is 0 Å². The molecule has 0 unspecified atom stereocenters. The largest absolute Gasteiger partial charge is 0.244 e. The van der Waals surface area contributed by atoms with Gasteiger partial charge in [0, 0.05) is 16.6 Å². The predicted molar refractivity (Wildman–Crippen MR) is 88.6 cm³/mol. The summed E-state index contributed by atoms with van der Waals surface area (Å²) in [4.78, 5) is 0.855. The van der Waals surface area contributed by atoms with E-state index >= 15 is 0 Å². The second-order valence-electron chi connectivity index (χ2n) is 6.12. The fraction of sp³-hybridized carbons (Fsp3) is 0.333. The summed E-state index contributed by atoms with van der Waals surface area (Å²) in [6.45, 7) is 6.43. The average Bonchev–Trinajstić information content (AvgIpc) is 2.46. The Kier molecular flexibility index (Phi) is 3.62. The molecule has 0 radical (unpaired) electrons. The number of hydrogen-bond acceptors (Lipinski definition) is 2. The normalized spacial score (nSPS) is 24.5. The van der Waals surface area contributed by atoms with Crippen molar-refractivity contribution in [1.29, 1.82) is 0 Å². The van der Waals surface area contributed by atoms with E-state index in [9.17, 15) is 4.21 Å². The van der Waals surface area contributed by atoms with E-state index in [1.165, 1.54) is 11.1 Å². The van der Waals surface area contributed by atoms with Crippen molar-refractivity contribution in [2.75, 3.05) is 5.75 Å². The van der Waals surface area contributed by atoms with Crippen LogP contribution < -0.4 is 0 Å². The number of fused-ring (bicyclic) bond motifs is 1. The third kappa shape index (κ3) is 2.62. The average molecular weight is 299 g/mol. The van der Waals surface area contributed by atoms with Gasteiger partial charge in [-0.3, -0.25) is 0 Å². The quantitative estimate of drug-likeness (QED) is 0.775. The number of hydrogen-bond donors (Lipinski definition) is 0. The number of aryl methyl sites for hydroxylation is 1. The zero-order valence-corrected chi connectivity index (χ0v) is 13.6. The van der Waals surface area contributed by atoms with E-state index in [2.05, 4.69) is 24.3 Å². The molecule has 2 atom stereocenters. The summed E-state index contributed by atoms with van der Waals surface area (Å²) in [6, 6.07) is 16.1. The summed E-state index contributed by atoms with van der Waals surface area (Å²) >= 11 is 0. The Morgan fingerprint density at radius 2 is 1.76 bits per heavy atom. The summed E-state index contributed by atoms with van der Waals surface area (Å²) in [7, 11) is -2.37. The summed E-state index contributed by atoms with van der Waals surface area (Å²) in [5.41, 5.74) is 3.31. The molecule has 3 heteroatoms. The van der Waals surface area contributed by atoms with E-state index < -0.39 is 9.73 Å². The topological polar surface area (TPSA) is 29.4 Å². The molecule has 2 aromatic carbocycles. The first kappa shape index (κ1) is 14.3. The Morgan fingerprint density at radius 3 is 2.43 bits per heavy atom. The molecule has 0 amide bonds. The zero-order chi connectivity index (χ0) is 15.0. The first-order valence-corrected chi connectivity index (χ1v) is 9.08. The zero-order valence-electron chi connectivity index (χ0n) is 12.7. The standard InChI is InChI=1S/C18H21NOS/c1-13(2)17-12-21(20,15-10-8-14(3)9-11-15)19-18-7-5-4-6-16(17)18/h4-11,13,17H,12H2,1-3H3/t17-,21-/m0/s1. The van der Waals surface area contributed by atoms with Crippen LogP contribution in [0.25, 0.3) is 0 Å². The van der Waals surface area contributed by atoms with Crippen molar-refractivity contribution in [2.24, 2.45) is 10.3 Å². The van der Waals surface area contributed by atoms with E-state index in [4.69, 9.17) is 0 Å². The molecule has 0 aromatic heterocycles. The van der Waals surface area contributed by atoms with Gasteiger partial charge in [0.25, 0.3) is 0 Å². The highest BCUT2D eigenvalue weighted by Crippen LogP contribution is 2.40. The van der Waals surface area contributed by atoms with Crippen molar-refractivity contribution in [3.05, 3.63) is 59.7 Å². The molecule has 0 fully saturated rings. The van der Waals surface area contributed by atoms with Crippen LogP contribution in [0.5, 0.6) is 0 Å². The lowest BCUT2D eigenvalue weighted by molar-refractivity contribution is 0.531. The molecule has 110 valence electrons. The lowest BCUT2D eigenvalue weighted by Crippen LogP contribution is -2.22. The van der Waals surface area contributed by atoms with Gasteiger partial charge in [-0.2, -0.15) is 4.36 Å². The molecule has 1 heterocycles. The molecule has 3 rings (SSSR count). The molecule has 1 aliphatic heterocycles. The minimum absolute atomic E-state index is 0.299. The first-order chi connectivity index (χ1) is 9.99. The van der Waals surface area contributed by atoms with Gasteiger partial charge in [0.05, 0.1) is 15.4 Å². The highest BCUT2D eigenvalue weighted by molar-refractivity contribution is 7.93. The second kappa shape index (κ2) is 5.30. The van der Waals surface area contributed by atoms with Crippen molar-refractivity contribution in [1.82, 2.24) is 0 Å². The van der Waals surface area contributed by atoms with E-state index in [0.29, 0.717) is 17.6 Å². The van der Waals surface area contributed by atoms with Crippen LogP contribution in [0, 0.1) is 12.8 Å². The van der Waals surface area contributed by atoms with Crippen molar-refractivity contribution in [3.63, 3.8) is 0 Å². The van der Waals surface area contributed by atoms with Gasteiger partial charge in [-0.25, -0.2) is 4.21 Å². The van der Waals surface area contributed by atoms with E-state index in [-0.39, 0.29) is 0 Å². The van der Waals surface area contributed by atoms with E-state index in [1.807, 2.05) is 49.4 Å². The highest BCUT2D eigenvalue weighted by Gasteiger charge is 2.29. The van der Waals surface area contributed by atoms with Gasteiger partial charge >= 0.3 is 0 Å². The number of nitrogens with zero attached hydrogens (tertiary/aromatic N) is 1. The maximum absolute atomic E-state index is 13.4. The molecule has 0 N–H and O–H groups in total. The predicted octanol–water partition coefficient (Wildman–Crippen LogP) is 4.91. The minimum atomic E-state index is -2.37. The molecule has 0 saturated carbocycles. The van der Waals surface area contributed by atoms with Crippen LogP contribution in [-0.2, 0) is 9.73 Å². The van der Waals surface area contributed by atoms with Gasteiger partial charge < -0.3 is 0 Å². The number of rotatable bonds is 2. The Hall–Kier alpha value is -1.61. The van der Waals surface area contributed by atoms with E-state index in [1.54, 1.807) is 0 Å². The lowest BCUT2D eigenvalue weighted by Gasteiger charge is -2.28. The lowest BCUT2D eigenvalue weighted by atomic mass is 9.89. The number of benzene rings is 2. The molecule has 0 saturated heterocycles. The first-order valence-electron chi connectivity index (χ1n) is 7.40. The summed E-state index contributed by atoms with van der Waals surface area (Å²) in [5, 5.41) is 0. The maximum atomic E-state index is 13.4. The Bertz CT molecular complexity index is 768. The minimum Gasteiger partial charge on any atom is -0.244 e. The summed E-state index contributed by atoms with van der Waals surface area (Å²) < 4.78 is 18.1. The van der Waals surface area contributed by atoms with Crippen molar-refractivity contribution < 1.29 is 4.21 Å². The van der Waals surface area contributed by atoms with Crippen molar-refractivity contribution in [3.8, 4) is 0 Å². The monoisotopic (exact) mass is 299 g/mol. The Morgan fingerprint density at radius 1 is 1.10 bits per heavy atom. The van der Waals surface area contributed by atoms with E-state index in [0.717, 1.165) is 10.6 Å². The molecule has 1 aliphatic rings. The highest BCUT2D eigenvalue weighted by atomic mass is 32.2. The second-order valence-corrected chi connectivity index (χ2v) is 8.39. The van der Waals surface area contributed by atoms with Crippen LogP contribution in [-0.4, -0.2) is 9.96 Å². The molecule has 0 aliphatic carbocycles. The smallest absolute Gasteiger partial charge is 0.0806 e. The van der Waals surface area contributed by atoms with Gasteiger partial charge in [0.1, 0.15) is 0 Å². The van der Waals surface area contributed by atoms with Crippen molar-refractivity contribution >= 4 is 15.4 Å². The van der Waals surface area contributed by atoms with Crippen LogP contribution >= 0.6 is 0 Å². The fourth-order valence-electron chi connectivity index (χ4n) is 2.86. The van der Waals surface area contributed by atoms with Gasteiger partial charge in [-0.1, -0.05) is 49.7 Å². The third-order valence-electron chi connectivity index (χ3n) is 4.18. The molecule has 21 heavy (non-hydrogen) atoms. The molecule has 0 spiro atoms. The van der Waals surface area contributed by atoms with Crippen LogP contribution in [0.3, 0.4) is 0 Å². The SMILES string of the molecule is Cc1ccc([S@]2(=O)=Nc3ccccc3[C@H](C(C)C)C2)cc1.